The highest BCUT2D eigenvalue weighted by atomic mass is 35.5. The van der Waals surface area contributed by atoms with Crippen molar-refractivity contribution < 1.29 is 0 Å². The van der Waals surface area contributed by atoms with Crippen LogP contribution in [-0.2, 0) is 0 Å². The predicted molar refractivity (Wildman–Crippen MR) is 131 cm³/mol. The number of nitrogens with two attached hydrogens (primary N) is 1. The van der Waals surface area contributed by atoms with Crippen molar-refractivity contribution in [1.82, 2.24) is 14.9 Å². The third-order valence-corrected chi connectivity index (χ3v) is 6.32. The third-order valence-electron chi connectivity index (χ3n) is 5.60. The van der Waals surface area contributed by atoms with Crippen molar-refractivity contribution in [3.05, 3.63) is 10.2 Å². The summed E-state index contributed by atoms with van der Waals surface area (Å²) >= 11 is 12.6. The molecule has 3 rings (SSSR count). The molecule has 11 heteroatoms. The molecule has 1 aromatic rings. The van der Waals surface area contributed by atoms with Gasteiger partial charge in [-0.15, -0.1) is 37.2 Å². The van der Waals surface area contributed by atoms with E-state index in [1.807, 2.05) is 19.0 Å². The molecule has 170 valence electrons. The molecule has 1 aliphatic carbocycles. The van der Waals surface area contributed by atoms with Crippen molar-refractivity contribution in [2.75, 3.05) is 56.6 Å². The molecular formula is C18H33Cl5N6. The molecule has 0 atom stereocenters. The summed E-state index contributed by atoms with van der Waals surface area (Å²) in [6.07, 6.45) is 6.27. The van der Waals surface area contributed by atoms with Crippen molar-refractivity contribution >= 4 is 72.2 Å². The Balaban J connectivity index is 0.00000261. The highest BCUT2D eigenvalue weighted by molar-refractivity contribution is 6.42. The molecule has 0 radical (unpaired) electrons. The number of hydrogen-bond donors (Lipinski definition) is 1. The third kappa shape index (κ3) is 7.91. The molecule has 0 bridgehead atoms. The normalized spacial score (nSPS) is 22.2. The molecule has 1 aromatic heterocycles. The van der Waals surface area contributed by atoms with E-state index in [4.69, 9.17) is 28.9 Å². The fourth-order valence-corrected chi connectivity index (χ4v) is 4.20. The van der Waals surface area contributed by atoms with Crippen molar-refractivity contribution in [3.8, 4) is 0 Å². The van der Waals surface area contributed by atoms with Crippen LogP contribution in [0.3, 0.4) is 0 Å². The molecule has 2 fully saturated rings. The average Bonchev–Trinajstić information content (AvgIpc) is 2.64. The SMILES string of the molecule is CN(C)c1nc(Cl)c(Cl)c(N2CCN(CC[C@H]3CC[C@H](N)CC3)CC2)n1.Cl.Cl.Cl. The molecule has 0 aromatic carbocycles. The molecule has 0 unspecified atom stereocenters. The molecular weight excluding hydrogens is 478 g/mol. The van der Waals surface area contributed by atoms with Crippen LogP contribution < -0.4 is 15.5 Å². The lowest BCUT2D eigenvalue weighted by Gasteiger charge is -2.37. The van der Waals surface area contributed by atoms with Gasteiger partial charge in [0.2, 0.25) is 5.95 Å². The topological polar surface area (TPSA) is 61.5 Å². The van der Waals surface area contributed by atoms with E-state index >= 15 is 0 Å². The van der Waals surface area contributed by atoms with E-state index in [2.05, 4.69) is 19.8 Å². The molecule has 2 N–H and O–H groups in total. The highest BCUT2D eigenvalue weighted by Gasteiger charge is 2.24. The van der Waals surface area contributed by atoms with E-state index in [9.17, 15) is 0 Å². The van der Waals surface area contributed by atoms with Crippen molar-refractivity contribution in [2.24, 2.45) is 11.7 Å². The summed E-state index contributed by atoms with van der Waals surface area (Å²) in [7, 11) is 3.80. The monoisotopic (exact) mass is 508 g/mol. The Bertz CT molecular complexity index is 605. The number of piperazine rings is 1. The summed E-state index contributed by atoms with van der Waals surface area (Å²) < 4.78 is 0. The van der Waals surface area contributed by atoms with E-state index in [0.29, 0.717) is 22.2 Å². The molecule has 0 amide bonds. The van der Waals surface area contributed by atoms with Gasteiger partial charge in [-0.05, 0) is 44.6 Å². The van der Waals surface area contributed by atoms with E-state index in [-0.39, 0.29) is 37.2 Å². The van der Waals surface area contributed by atoms with Gasteiger partial charge >= 0.3 is 0 Å². The van der Waals surface area contributed by atoms with Crippen LogP contribution in [0.15, 0.2) is 0 Å². The number of hydrogen-bond acceptors (Lipinski definition) is 6. The molecule has 1 aliphatic heterocycles. The van der Waals surface area contributed by atoms with Gasteiger partial charge < -0.3 is 15.5 Å². The lowest BCUT2D eigenvalue weighted by atomic mass is 9.84. The highest BCUT2D eigenvalue weighted by Crippen LogP contribution is 2.32. The van der Waals surface area contributed by atoms with Crippen LogP contribution >= 0.6 is 60.4 Å². The lowest BCUT2D eigenvalue weighted by Crippen LogP contribution is -2.47. The zero-order valence-corrected chi connectivity index (χ0v) is 21.0. The predicted octanol–water partition coefficient (Wildman–Crippen LogP) is 4.14. The second-order valence-electron chi connectivity index (χ2n) is 7.74. The Kier molecular flexibility index (Phi) is 13.5. The first-order chi connectivity index (χ1) is 12.4. The van der Waals surface area contributed by atoms with Crippen molar-refractivity contribution in [3.63, 3.8) is 0 Å². The first-order valence-corrected chi connectivity index (χ1v) is 10.3. The van der Waals surface area contributed by atoms with Crippen LogP contribution in [0.2, 0.25) is 10.2 Å². The fourth-order valence-electron chi connectivity index (χ4n) is 3.83. The van der Waals surface area contributed by atoms with Crippen LogP contribution in [0.5, 0.6) is 0 Å². The zero-order valence-electron chi connectivity index (χ0n) is 17.0. The molecule has 2 heterocycles. The van der Waals surface area contributed by atoms with E-state index in [0.717, 1.165) is 37.9 Å². The van der Waals surface area contributed by atoms with Gasteiger partial charge in [0.1, 0.15) is 5.02 Å². The molecule has 29 heavy (non-hydrogen) atoms. The summed E-state index contributed by atoms with van der Waals surface area (Å²) in [5, 5.41) is 0.766. The Morgan fingerprint density at radius 2 is 1.55 bits per heavy atom. The Hall–Kier alpha value is 0.0500. The fraction of sp³-hybridized carbons (Fsp3) is 0.778. The smallest absolute Gasteiger partial charge is 0.228 e. The summed E-state index contributed by atoms with van der Waals surface area (Å²) in [5.74, 6) is 2.19. The van der Waals surface area contributed by atoms with E-state index in [1.54, 1.807) is 0 Å². The molecule has 1 saturated carbocycles. The maximum Gasteiger partial charge on any atom is 0.228 e. The van der Waals surface area contributed by atoms with Crippen LogP contribution in [0, 0.1) is 5.92 Å². The quantitative estimate of drug-likeness (QED) is 0.601. The second-order valence-corrected chi connectivity index (χ2v) is 8.48. The van der Waals surface area contributed by atoms with Gasteiger partial charge in [0, 0.05) is 46.3 Å². The lowest BCUT2D eigenvalue weighted by molar-refractivity contribution is 0.216. The number of nitrogens with zero attached hydrogens (tertiary/aromatic N) is 5. The second kappa shape index (κ2) is 13.5. The van der Waals surface area contributed by atoms with E-state index in [1.165, 1.54) is 38.6 Å². The van der Waals surface area contributed by atoms with Gasteiger partial charge in [-0.25, -0.2) is 0 Å². The first-order valence-electron chi connectivity index (χ1n) is 9.57. The summed E-state index contributed by atoms with van der Waals surface area (Å²) in [5.41, 5.74) is 6.01. The Morgan fingerprint density at radius 3 is 2.10 bits per heavy atom. The van der Waals surface area contributed by atoms with Gasteiger partial charge in [-0.3, -0.25) is 4.90 Å². The minimum absolute atomic E-state index is 0. The van der Waals surface area contributed by atoms with Gasteiger partial charge in [0.25, 0.3) is 0 Å². The standard InChI is InChI=1S/C18H30Cl2N6.3ClH/c1-24(2)18-22-16(20)15(19)17(23-18)26-11-9-25(10-12-26)8-7-13-3-5-14(21)6-4-13;;;/h13-14H,3-12,21H2,1-2H3;3*1H/t13-,14-;;;. The minimum Gasteiger partial charge on any atom is -0.353 e. The first kappa shape index (κ1) is 29.1. The molecule has 6 nitrogen and oxygen atoms in total. The van der Waals surface area contributed by atoms with Crippen LogP contribution in [0.4, 0.5) is 11.8 Å². The van der Waals surface area contributed by atoms with Gasteiger partial charge in [-0.2, -0.15) is 9.97 Å². The number of rotatable bonds is 5. The number of anilines is 2. The molecule has 0 spiro atoms. The van der Waals surface area contributed by atoms with Crippen LogP contribution in [0.1, 0.15) is 32.1 Å². The average molecular weight is 511 g/mol. The van der Waals surface area contributed by atoms with Gasteiger partial charge in [0.15, 0.2) is 11.0 Å². The van der Waals surface area contributed by atoms with Crippen molar-refractivity contribution in [2.45, 2.75) is 38.1 Å². The summed E-state index contributed by atoms with van der Waals surface area (Å²) in [6, 6.07) is 0.436. The summed E-state index contributed by atoms with van der Waals surface area (Å²) in [6.45, 7) is 5.06. The van der Waals surface area contributed by atoms with Crippen molar-refractivity contribution in [1.29, 1.82) is 0 Å². The van der Waals surface area contributed by atoms with Crippen LogP contribution in [-0.4, -0.2) is 67.7 Å². The number of aromatic nitrogens is 2. The summed E-state index contributed by atoms with van der Waals surface area (Å²) in [4.78, 5) is 15.5. The number of halogens is 5. The maximum absolute atomic E-state index is 6.37. The Morgan fingerprint density at radius 1 is 0.966 bits per heavy atom. The maximum atomic E-state index is 6.37. The van der Waals surface area contributed by atoms with Gasteiger partial charge in [-0.1, -0.05) is 23.2 Å². The van der Waals surface area contributed by atoms with E-state index < -0.39 is 0 Å². The Labute approximate surface area is 203 Å². The molecule has 1 saturated heterocycles. The largest absolute Gasteiger partial charge is 0.353 e. The minimum atomic E-state index is 0. The molecule has 2 aliphatic rings. The zero-order chi connectivity index (χ0) is 18.7. The van der Waals surface area contributed by atoms with Gasteiger partial charge in [0.05, 0.1) is 0 Å². The van der Waals surface area contributed by atoms with Crippen LogP contribution in [0.25, 0.3) is 0 Å².